The second-order valence-electron chi connectivity index (χ2n) is 9.94. The van der Waals surface area contributed by atoms with Crippen molar-refractivity contribution in [2.45, 2.75) is 57.0 Å². The number of benzene rings is 2. The zero-order chi connectivity index (χ0) is 21.9. The predicted octanol–water partition coefficient (Wildman–Crippen LogP) is 5.26. The van der Waals surface area contributed by atoms with Crippen molar-refractivity contribution in [1.29, 1.82) is 0 Å². The van der Waals surface area contributed by atoms with E-state index in [2.05, 4.69) is 47.5 Å². The Bertz CT molecular complexity index is 1180. The number of nitrogens with zero attached hydrogens (tertiary/aromatic N) is 1. The summed E-state index contributed by atoms with van der Waals surface area (Å²) in [5.41, 5.74) is 6.33. The van der Waals surface area contributed by atoms with Crippen molar-refractivity contribution in [3.05, 3.63) is 82.2 Å². The second kappa shape index (κ2) is 7.22. The Morgan fingerprint density at radius 2 is 2.06 bits per heavy atom. The number of H-pyrrole nitrogens is 1. The summed E-state index contributed by atoms with van der Waals surface area (Å²) in [4.78, 5) is 11.7. The number of carbonyl (C=O) groups is 1. The molecule has 1 aromatic heterocycles. The third-order valence-electron chi connectivity index (χ3n) is 8.40. The summed E-state index contributed by atoms with van der Waals surface area (Å²) in [5, 5.41) is 16.8. The van der Waals surface area contributed by atoms with Gasteiger partial charge in [0.2, 0.25) is 0 Å². The highest BCUT2D eigenvalue weighted by molar-refractivity contribution is 5.87. The van der Waals surface area contributed by atoms with E-state index in [1.165, 1.54) is 16.7 Å². The van der Waals surface area contributed by atoms with Gasteiger partial charge in [-0.3, -0.25) is 5.10 Å². The van der Waals surface area contributed by atoms with Gasteiger partial charge in [-0.1, -0.05) is 43.3 Å². The summed E-state index contributed by atoms with van der Waals surface area (Å²) in [6.07, 6.45) is 5.25. The van der Waals surface area contributed by atoms with Crippen molar-refractivity contribution < 1.29 is 14.6 Å². The molecule has 2 N–H and O–H groups in total. The molecule has 0 spiro atoms. The summed E-state index contributed by atoms with van der Waals surface area (Å²) < 4.78 is 6.08. The first kappa shape index (κ1) is 19.6. The first-order chi connectivity index (χ1) is 15.5. The number of ether oxygens (including phenoxy) is 1. The number of aromatic carboxylic acids is 1. The van der Waals surface area contributed by atoms with E-state index in [1.54, 1.807) is 0 Å². The molecule has 4 atom stereocenters. The van der Waals surface area contributed by atoms with Crippen LogP contribution in [-0.2, 0) is 24.9 Å². The quantitative estimate of drug-likeness (QED) is 0.595. The first-order valence-corrected chi connectivity index (χ1v) is 11.6. The van der Waals surface area contributed by atoms with E-state index < -0.39 is 5.97 Å². The Labute approximate surface area is 187 Å². The molecule has 164 valence electrons. The smallest absolute Gasteiger partial charge is 0.356 e. The maximum absolute atomic E-state index is 11.7. The standard InChI is InChI=1S/C27H28N2O3/c1-27-12-11-20-19-10-8-18(32-15-16-5-3-2-4-6-16)13-17(19)7-9-21(20)23(27)14-22-24(26(30)31)28-29-25(22)27/h2-6,8,10,13,20-21,23H,7,9,11-12,14-15H2,1H3,(H,28,29)(H,30,31)/t20?,21?,23?,27-/m0/s1. The van der Waals surface area contributed by atoms with Crippen LogP contribution in [-0.4, -0.2) is 21.3 Å². The fourth-order valence-electron chi connectivity index (χ4n) is 6.83. The molecule has 3 aromatic rings. The van der Waals surface area contributed by atoms with Crippen LogP contribution in [0, 0.1) is 11.8 Å². The molecule has 3 unspecified atom stereocenters. The Hall–Kier alpha value is -3.08. The molecule has 6 rings (SSSR count). The van der Waals surface area contributed by atoms with Gasteiger partial charge in [-0.15, -0.1) is 0 Å². The molecular weight excluding hydrogens is 400 g/mol. The number of aryl methyl sites for hydroxylation is 1. The molecule has 0 radical (unpaired) electrons. The van der Waals surface area contributed by atoms with Gasteiger partial charge in [-0.25, -0.2) is 4.79 Å². The van der Waals surface area contributed by atoms with Crippen LogP contribution < -0.4 is 4.74 Å². The maximum atomic E-state index is 11.7. The van der Waals surface area contributed by atoms with Gasteiger partial charge in [0.05, 0.1) is 0 Å². The van der Waals surface area contributed by atoms with E-state index in [1.807, 2.05) is 18.2 Å². The summed E-state index contributed by atoms with van der Waals surface area (Å²) in [6.45, 7) is 2.91. The SMILES string of the molecule is C[C@]12CCC3c4ccc(OCc5ccccc5)cc4CCC3C1Cc1c(C(=O)O)n[nH]c12. The van der Waals surface area contributed by atoms with E-state index in [-0.39, 0.29) is 11.1 Å². The topological polar surface area (TPSA) is 75.2 Å². The van der Waals surface area contributed by atoms with E-state index in [0.29, 0.717) is 24.4 Å². The Balaban J connectivity index is 1.24. The number of aromatic amines is 1. The van der Waals surface area contributed by atoms with Gasteiger partial charge in [0, 0.05) is 16.7 Å². The van der Waals surface area contributed by atoms with Crippen molar-refractivity contribution in [3.63, 3.8) is 0 Å². The molecule has 5 heteroatoms. The van der Waals surface area contributed by atoms with Crippen molar-refractivity contribution in [3.8, 4) is 5.75 Å². The zero-order valence-corrected chi connectivity index (χ0v) is 18.3. The van der Waals surface area contributed by atoms with Gasteiger partial charge in [0.15, 0.2) is 5.69 Å². The summed E-state index contributed by atoms with van der Waals surface area (Å²) >= 11 is 0. The number of carboxylic acid groups (broad SMARTS) is 1. The molecular formula is C27H28N2O3. The lowest BCUT2D eigenvalue weighted by Gasteiger charge is -2.49. The van der Waals surface area contributed by atoms with E-state index in [4.69, 9.17) is 4.74 Å². The first-order valence-electron chi connectivity index (χ1n) is 11.6. The number of carboxylic acids is 1. The summed E-state index contributed by atoms with van der Waals surface area (Å²) in [7, 11) is 0. The molecule has 2 aromatic carbocycles. The Morgan fingerprint density at radius 3 is 2.88 bits per heavy atom. The van der Waals surface area contributed by atoms with E-state index >= 15 is 0 Å². The number of hydrogen-bond acceptors (Lipinski definition) is 3. The molecule has 0 bridgehead atoms. The van der Waals surface area contributed by atoms with Crippen molar-refractivity contribution in [2.24, 2.45) is 11.8 Å². The minimum absolute atomic E-state index is 0.00738. The molecule has 1 saturated carbocycles. The lowest BCUT2D eigenvalue weighted by atomic mass is 9.55. The van der Waals surface area contributed by atoms with Gasteiger partial charge < -0.3 is 9.84 Å². The van der Waals surface area contributed by atoms with Crippen LogP contribution in [0.5, 0.6) is 5.75 Å². The van der Waals surface area contributed by atoms with E-state index in [9.17, 15) is 9.90 Å². The van der Waals surface area contributed by atoms with Gasteiger partial charge in [0.25, 0.3) is 0 Å². The van der Waals surface area contributed by atoms with Crippen molar-refractivity contribution in [2.75, 3.05) is 0 Å². The van der Waals surface area contributed by atoms with Crippen LogP contribution in [0.4, 0.5) is 0 Å². The third-order valence-corrected chi connectivity index (χ3v) is 8.40. The highest BCUT2D eigenvalue weighted by Gasteiger charge is 2.54. The van der Waals surface area contributed by atoms with Crippen LogP contribution in [0.15, 0.2) is 48.5 Å². The summed E-state index contributed by atoms with van der Waals surface area (Å²) in [5.74, 6) is 1.63. The van der Waals surface area contributed by atoms with Crippen LogP contribution in [0.1, 0.15) is 70.5 Å². The Kier molecular flexibility index (Phi) is 4.42. The van der Waals surface area contributed by atoms with Crippen LogP contribution in [0.25, 0.3) is 0 Å². The molecule has 3 aliphatic carbocycles. The number of nitrogens with one attached hydrogen (secondary N) is 1. The molecule has 5 nitrogen and oxygen atoms in total. The molecule has 1 heterocycles. The van der Waals surface area contributed by atoms with Crippen LogP contribution in [0.2, 0.25) is 0 Å². The van der Waals surface area contributed by atoms with Crippen LogP contribution in [0.3, 0.4) is 0 Å². The van der Waals surface area contributed by atoms with E-state index in [0.717, 1.165) is 49.1 Å². The normalized spacial score (nSPS) is 27.7. The average molecular weight is 429 g/mol. The summed E-state index contributed by atoms with van der Waals surface area (Å²) in [6, 6.07) is 16.9. The maximum Gasteiger partial charge on any atom is 0.356 e. The number of hydrogen-bond donors (Lipinski definition) is 2. The molecule has 0 amide bonds. The molecule has 0 aliphatic heterocycles. The minimum atomic E-state index is -0.918. The molecule has 3 aliphatic rings. The highest BCUT2D eigenvalue weighted by atomic mass is 16.5. The lowest BCUT2D eigenvalue weighted by Crippen LogP contribution is -2.43. The molecule has 32 heavy (non-hydrogen) atoms. The zero-order valence-electron chi connectivity index (χ0n) is 18.3. The lowest BCUT2D eigenvalue weighted by molar-refractivity contribution is 0.0687. The van der Waals surface area contributed by atoms with Gasteiger partial charge >= 0.3 is 5.97 Å². The molecule has 1 fully saturated rings. The Morgan fingerprint density at radius 1 is 1.22 bits per heavy atom. The average Bonchev–Trinajstić information content (AvgIpc) is 3.36. The third kappa shape index (κ3) is 2.90. The van der Waals surface area contributed by atoms with Crippen molar-refractivity contribution >= 4 is 5.97 Å². The van der Waals surface area contributed by atoms with Crippen LogP contribution >= 0.6 is 0 Å². The highest BCUT2D eigenvalue weighted by Crippen LogP contribution is 2.60. The number of fused-ring (bicyclic) bond motifs is 7. The minimum Gasteiger partial charge on any atom is -0.489 e. The van der Waals surface area contributed by atoms with Gasteiger partial charge in [-0.05, 0) is 78.7 Å². The van der Waals surface area contributed by atoms with Gasteiger partial charge in [-0.2, -0.15) is 5.10 Å². The predicted molar refractivity (Wildman–Crippen MR) is 121 cm³/mol. The fourth-order valence-corrected chi connectivity index (χ4v) is 6.83. The number of rotatable bonds is 4. The van der Waals surface area contributed by atoms with Gasteiger partial charge in [0.1, 0.15) is 12.4 Å². The van der Waals surface area contributed by atoms with Crippen molar-refractivity contribution in [1.82, 2.24) is 10.2 Å². The fraction of sp³-hybridized carbons (Fsp3) is 0.407. The molecule has 0 saturated heterocycles. The number of aromatic nitrogens is 2. The second-order valence-corrected chi connectivity index (χ2v) is 9.94. The monoisotopic (exact) mass is 428 g/mol. The largest absolute Gasteiger partial charge is 0.489 e.